The van der Waals surface area contributed by atoms with Gasteiger partial charge in [0.1, 0.15) is 0 Å². The van der Waals surface area contributed by atoms with Crippen LogP contribution < -0.4 is 5.32 Å². The average Bonchev–Trinajstić information content (AvgIpc) is 2.86. The largest absolute Gasteiger partial charge is 0.354 e. The van der Waals surface area contributed by atoms with Gasteiger partial charge in [-0.05, 0) is 12.8 Å². The Labute approximate surface area is 82.5 Å². The van der Waals surface area contributed by atoms with Gasteiger partial charge in [-0.3, -0.25) is 4.79 Å². The van der Waals surface area contributed by atoms with Crippen molar-refractivity contribution in [2.45, 2.75) is 31.7 Å². The zero-order valence-corrected chi connectivity index (χ0v) is 8.23. The third-order valence-electron chi connectivity index (χ3n) is 2.67. The number of hydrogen-bond donors (Lipinski definition) is 1. The van der Waals surface area contributed by atoms with E-state index in [4.69, 9.17) is 0 Å². The van der Waals surface area contributed by atoms with Crippen LogP contribution in [0.4, 0.5) is 0 Å². The summed E-state index contributed by atoms with van der Waals surface area (Å²) in [6.07, 6.45) is 6.53. The van der Waals surface area contributed by atoms with Crippen LogP contribution in [0.15, 0.2) is 6.20 Å². The zero-order valence-electron chi connectivity index (χ0n) is 8.23. The fourth-order valence-electron chi connectivity index (χ4n) is 1.86. The SMILES string of the molecule is CNC(=O)c1cn(C2CCCC2)nn1. The molecule has 0 aliphatic heterocycles. The highest BCUT2D eigenvalue weighted by atomic mass is 16.1. The molecule has 5 nitrogen and oxygen atoms in total. The maximum Gasteiger partial charge on any atom is 0.273 e. The summed E-state index contributed by atoms with van der Waals surface area (Å²) in [4.78, 5) is 11.2. The summed E-state index contributed by atoms with van der Waals surface area (Å²) in [6.45, 7) is 0. The molecular weight excluding hydrogens is 180 g/mol. The molecule has 0 unspecified atom stereocenters. The highest BCUT2D eigenvalue weighted by molar-refractivity contribution is 5.91. The fourth-order valence-corrected chi connectivity index (χ4v) is 1.86. The van der Waals surface area contributed by atoms with Crippen LogP contribution in [0, 0.1) is 0 Å². The Morgan fingerprint density at radius 2 is 2.29 bits per heavy atom. The van der Waals surface area contributed by atoms with E-state index in [0.29, 0.717) is 11.7 Å². The van der Waals surface area contributed by atoms with Crippen molar-refractivity contribution in [3.8, 4) is 0 Å². The van der Waals surface area contributed by atoms with Gasteiger partial charge in [0, 0.05) is 7.05 Å². The molecule has 1 saturated carbocycles. The van der Waals surface area contributed by atoms with Crippen molar-refractivity contribution in [1.29, 1.82) is 0 Å². The van der Waals surface area contributed by atoms with Crippen molar-refractivity contribution >= 4 is 5.91 Å². The summed E-state index contributed by atoms with van der Waals surface area (Å²) in [5.74, 6) is -0.172. The van der Waals surface area contributed by atoms with E-state index in [1.807, 2.05) is 4.68 Å². The summed E-state index contributed by atoms with van der Waals surface area (Å²) in [5, 5.41) is 10.3. The summed E-state index contributed by atoms with van der Waals surface area (Å²) in [6, 6.07) is 0.445. The topological polar surface area (TPSA) is 59.8 Å². The maximum absolute atomic E-state index is 11.2. The number of carbonyl (C=O) groups excluding carboxylic acids is 1. The predicted molar refractivity (Wildman–Crippen MR) is 50.9 cm³/mol. The lowest BCUT2D eigenvalue weighted by Crippen LogP contribution is -2.18. The third kappa shape index (κ3) is 1.62. The first kappa shape index (κ1) is 9.18. The maximum atomic E-state index is 11.2. The van der Waals surface area contributed by atoms with Gasteiger partial charge in [-0.25, -0.2) is 4.68 Å². The van der Waals surface area contributed by atoms with Crippen LogP contribution in [0.25, 0.3) is 0 Å². The molecule has 2 rings (SSSR count). The van der Waals surface area contributed by atoms with Gasteiger partial charge in [-0.2, -0.15) is 0 Å². The van der Waals surface area contributed by atoms with E-state index in [-0.39, 0.29) is 5.91 Å². The van der Waals surface area contributed by atoms with Crippen molar-refractivity contribution in [2.75, 3.05) is 7.05 Å². The van der Waals surface area contributed by atoms with E-state index in [2.05, 4.69) is 15.6 Å². The average molecular weight is 194 g/mol. The zero-order chi connectivity index (χ0) is 9.97. The molecule has 1 amide bonds. The van der Waals surface area contributed by atoms with Crippen LogP contribution in [-0.2, 0) is 0 Å². The summed E-state index contributed by atoms with van der Waals surface area (Å²) in [5.41, 5.74) is 0.402. The molecule has 0 atom stereocenters. The predicted octanol–water partition coefficient (Wildman–Crippen LogP) is 0.753. The Bertz CT molecular complexity index is 327. The van der Waals surface area contributed by atoms with Crippen molar-refractivity contribution < 1.29 is 4.79 Å². The quantitative estimate of drug-likeness (QED) is 0.755. The summed E-state index contributed by atoms with van der Waals surface area (Å²) >= 11 is 0. The molecule has 1 fully saturated rings. The molecule has 5 heteroatoms. The van der Waals surface area contributed by atoms with Crippen LogP contribution in [0.3, 0.4) is 0 Å². The van der Waals surface area contributed by atoms with Gasteiger partial charge in [0.2, 0.25) is 0 Å². The Kier molecular flexibility index (Phi) is 2.47. The number of rotatable bonds is 2. The number of aromatic nitrogens is 3. The van der Waals surface area contributed by atoms with Crippen LogP contribution >= 0.6 is 0 Å². The van der Waals surface area contributed by atoms with Gasteiger partial charge >= 0.3 is 0 Å². The lowest BCUT2D eigenvalue weighted by Gasteiger charge is -2.06. The first-order valence-corrected chi connectivity index (χ1v) is 4.95. The molecule has 1 aliphatic carbocycles. The van der Waals surface area contributed by atoms with E-state index in [9.17, 15) is 4.79 Å². The van der Waals surface area contributed by atoms with Crippen molar-refractivity contribution in [3.63, 3.8) is 0 Å². The minimum atomic E-state index is -0.172. The minimum Gasteiger partial charge on any atom is -0.354 e. The molecular formula is C9H14N4O. The van der Waals surface area contributed by atoms with Gasteiger partial charge in [0.25, 0.3) is 5.91 Å². The van der Waals surface area contributed by atoms with E-state index in [0.717, 1.165) is 12.8 Å². The number of nitrogens with zero attached hydrogens (tertiary/aromatic N) is 3. The molecule has 14 heavy (non-hydrogen) atoms. The van der Waals surface area contributed by atoms with E-state index in [1.54, 1.807) is 13.2 Å². The molecule has 0 bridgehead atoms. The first-order chi connectivity index (χ1) is 6.81. The lowest BCUT2D eigenvalue weighted by molar-refractivity contribution is 0.0958. The smallest absolute Gasteiger partial charge is 0.273 e. The van der Waals surface area contributed by atoms with Gasteiger partial charge in [-0.15, -0.1) is 5.10 Å². The molecule has 1 aliphatic rings. The van der Waals surface area contributed by atoms with Crippen molar-refractivity contribution in [1.82, 2.24) is 20.3 Å². The van der Waals surface area contributed by atoms with E-state index in [1.165, 1.54) is 12.8 Å². The molecule has 0 aromatic carbocycles. The van der Waals surface area contributed by atoms with Crippen LogP contribution in [-0.4, -0.2) is 27.9 Å². The molecule has 1 heterocycles. The highest BCUT2D eigenvalue weighted by Crippen LogP contribution is 2.28. The third-order valence-corrected chi connectivity index (χ3v) is 2.67. The Morgan fingerprint density at radius 3 is 2.93 bits per heavy atom. The first-order valence-electron chi connectivity index (χ1n) is 4.95. The number of carbonyl (C=O) groups is 1. The van der Waals surface area contributed by atoms with E-state index >= 15 is 0 Å². The van der Waals surface area contributed by atoms with Gasteiger partial charge in [0.05, 0.1) is 12.2 Å². The van der Waals surface area contributed by atoms with Gasteiger partial charge in [-0.1, -0.05) is 18.1 Å². The second kappa shape index (κ2) is 3.77. The molecule has 0 radical (unpaired) electrons. The molecule has 0 saturated heterocycles. The highest BCUT2D eigenvalue weighted by Gasteiger charge is 2.19. The second-order valence-corrected chi connectivity index (χ2v) is 3.60. The fraction of sp³-hybridized carbons (Fsp3) is 0.667. The number of hydrogen-bond acceptors (Lipinski definition) is 3. The molecule has 1 N–H and O–H groups in total. The lowest BCUT2D eigenvalue weighted by atomic mass is 10.2. The number of nitrogens with one attached hydrogen (secondary N) is 1. The number of amides is 1. The Hall–Kier alpha value is -1.39. The minimum absolute atomic E-state index is 0.172. The Morgan fingerprint density at radius 1 is 1.57 bits per heavy atom. The monoisotopic (exact) mass is 194 g/mol. The van der Waals surface area contributed by atoms with Crippen molar-refractivity contribution in [2.24, 2.45) is 0 Å². The van der Waals surface area contributed by atoms with Crippen LogP contribution in [0.5, 0.6) is 0 Å². The molecule has 1 aromatic heterocycles. The van der Waals surface area contributed by atoms with Gasteiger partial charge in [0.15, 0.2) is 5.69 Å². The summed E-state index contributed by atoms with van der Waals surface area (Å²) in [7, 11) is 1.59. The van der Waals surface area contributed by atoms with E-state index < -0.39 is 0 Å². The molecule has 1 aromatic rings. The standard InChI is InChI=1S/C9H14N4O/c1-10-9(14)8-6-13(12-11-8)7-4-2-3-5-7/h6-7H,2-5H2,1H3,(H,10,14). The molecule has 76 valence electrons. The Balaban J connectivity index is 2.12. The van der Waals surface area contributed by atoms with Gasteiger partial charge < -0.3 is 5.32 Å². The van der Waals surface area contributed by atoms with Crippen LogP contribution in [0.1, 0.15) is 42.2 Å². The second-order valence-electron chi connectivity index (χ2n) is 3.60. The molecule has 0 spiro atoms. The summed E-state index contributed by atoms with van der Waals surface area (Å²) < 4.78 is 1.82. The van der Waals surface area contributed by atoms with Crippen molar-refractivity contribution in [3.05, 3.63) is 11.9 Å². The van der Waals surface area contributed by atoms with Crippen LogP contribution in [0.2, 0.25) is 0 Å². The normalized spacial score (nSPS) is 17.2.